The van der Waals surface area contributed by atoms with E-state index in [1.807, 2.05) is 0 Å². The Morgan fingerprint density at radius 3 is 2.58 bits per heavy atom. The number of aromatic hydroxyl groups is 1. The van der Waals surface area contributed by atoms with Gasteiger partial charge in [-0.3, -0.25) is 4.79 Å². The van der Waals surface area contributed by atoms with E-state index >= 15 is 0 Å². The van der Waals surface area contributed by atoms with Crippen molar-refractivity contribution in [1.82, 2.24) is 4.90 Å². The minimum atomic E-state index is -0.638. The van der Waals surface area contributed by atoms with E-state index in [1.165, 1.54) is 4.90 Å². The van der Waals surface area contributed by atoms with Crippen LogP contribution in [0.4, 0.5) is 0 Å². The summed E-state index contributed by atoms with van der Waals surface area (Å²) < 4.78 is 0. The topological polar surface area (TPSA) is 90.4 Å². The average molecular weight is 261 g/mol. The Labute approximate surface area is 113 Å². The third-order valence-corrected chi connectivity index (χ3v) is 2.85. The van der Waals surface area contributed by atoms with Crippen molar-refractivity contribution in [1.29, 1.82) is 5.26 Å². The zero-order chi connectivity index (χ0) is 14.4. The van der Waals surface area contributed by atoms with Crippen molar-refractivity contribution in [3.8, 4) is 11.8 Å². The van der Waals surface area contributed by atoms with Crippen LogP contribution in [0.25, 0.3) is 0 Å². The van der Waals surface area contributed by atoms with Crippen molar-refractivity contribution in [3.05, 3.63) is 29.8 Å². The quantitative estimate of drug-likeness (QED) is 0.823. The lowest BCUT2D eigenvalue weighted by Crippen LogP contribution is -2.44. The lowest BCUT2D eigenvalue weighted by atomic mass is 10.0. The minimum Gasteiger partial charge on any atom is -0.508 e. The lowest BCUT2D eigenvalue weighted by molar-refractivity contribution is -0.131. The summed E-state index contributed by atoms with van der Waals surface area (Å²) in [5, 5.41) is 17.9. The summed E-state index contributed by atoms with van der Waals surface area (Å²) in [5.74, 6) is -0.214. The fourth-order valence-corrected chi connectivity index (χ4v) is 1.80. The Morgan fingerprint density at radius 1 is 1.47 bits per heavy atom. The van der Waals surface area contributed by atoms with Crippen LogP contribution in [0.1, 0.15) is 12.5 Å². The van der Waals surface area contributed by atoms with Gasteiger partial charge in [-0.1, -0.05) is 12.1 Å². The van der Waals surface area contributed by atoms with Gasteiger partial charge in [0, 0.05) is 13.6 Å². The highest BCUT2D eigenvalue weighted by molar-refractivity contribution is 5.81. The number of carbonyl (C=O) groups is 1. The summed E-state index contributed by atoms with van der Waals surface area (Å²) in [6, 6.07) is 8.04. The van der Waals surface area contributed by atoms with Gasteiger partial charge in [0.2, 0.25) is 5.91 Å². The first kappa shape index (κ1) is 15.0. The first-order chi connectivity index (χ1) is 8.93. The Hall–Kier alpha value is -2.06. The molecule has 0 aromatic heterocycles. The number of phenols is 1. The van der Waals surface area contributed by atoms with E-state index in [0.29, 0.717) is 13.0 Å². The van der Waals surface area contributed by atoms with E-state index in [0.717, 1.165) is 5.56 Å². The van der Waals surface area contributed by atoms with Crippen LogP contribution in [-0.2, 0) is 11.2 Å². The molecule has 0 heterocycles. The number of nitrogens with zero attached hydrogens (tertiary/aromatic N) is 2. The van der Waals surface area contributed by atoms with Crippen LogP contribution < -0.4 is 5.73 Å². The van der Waals surface area contributed by atoms with E-state index in [2.05, 4.69) is 6.07 Å². The molecular weight excluding hydrogens is 242 g/mol. The summed E-state index contributed by atoms with van der Waals surface area (Å²) in [4.78, 5) is 13.5. The monoisotopic (exact) mass is 261 g/mol. The SMILES string of the molecule is CC(C#N)CN(C)C(=O)[C@H](N)Cc1ccc(O)cc1. The third kappa shape index (κ3) is 4.60. The van der Waals surface area contributed by atoms with Crippen molar-refractivity contribution in [2.24, 2.45) is 11.7 Å². The predicted octanol–water partition coefficient (Wildman–Crippen LogP) is 0.880. The highest BCUT2D eigenvalue weighted by atomic mass is 16.3. The van der Waals surface area contributed by atoms with Crippen molar-refractivity contribution in [2.75, 3.05) is 13.6 Å². The van der Waals surface area contributed by atoms with Gasteiger partial charge in [-0.25, -0.2) is 0 Å². The zero-order valence-corrected chi connectivity index (χ0v) is 11.2. The van der Waals surface area contributed by atoms with Gasteiger partial charge >= 0.3 is 0 Å². The molecule has 19 heavy (non-hydrogen) atoms. The fourth-order valence-electron chi connectivity index (χ4n) is 1.80. The molecule has 5 nitrogen and oxygen atoms in total. The van der Waals surface area contributed by atoms with Gasteiger partial charge in [0.1, 0.15) is 5.75 Å². The largest absolute Gasteiger partial charge is 0.508 e. The maximum absolute atomic E-state index is 12.0. The molecule has 5 heteroatoms. The summed E-state index contributed by atoms with van der Waals surface area (Å²) in [7, 11) is 1.65. The zero-order valence-electron chi connectivity index (χ0n) is 11.2. The van der Waals surface area contributed by atoms with E-state index < -0.39 is 6.04 Å². The molecule has 2 atom stereocenters. The Kier molecular flexibility index (Phi) is 5.34. The van der Waals surface area contributed by atoms with Crippen molar-refractivity contribution < 1.29 is 9.90 Å². The molecule has 0 aliphatic rings. The van der Waals surface area contributed by atoms with E-state index in [4.69, 9.17) is 11.0 Å². The molecule has 0 bridgehead atoms. The molecule has 0 spiro atoms. The van der Waals surface area contributed by atoms with Gasteiger partial charge in [-0.15, -0.1) is 0 Å². The first-order valence-electron chi connectivity index (χ1n) is 6.12. The van der Waals surface area contributed by atoms with Gasteiger partial charge in [0.05, 0.1) is 18.0 Å². The number of hydrogen-bond donors (Lipinski definition) is 2. The maximum Gasteiger partial charge on any atom is 0.239 e. The van der Waals surface area contributed by atoms with E-state index in [-0.39, 0.29) is 17.6 Å². The first-order valence-corrected chi connectivity index (χ1v) is 6.12. The lowest BCUT2D eigenvalue weighted by Gasteiger charge is -2.22. The molecule has 1 aromatic carbocycles. The number of carbonyl (C=O) groups excluding carboxylic acids is 1. The Balaban J connectivity index is 2.57. The molecule has 3 N–H and O–H groups in total. The van der Waals surface area contributed by atoms with Gasteiger partial charge in [-0.05, 0) is 31.0 Å². The third-order valence-electron chi connectivity index (χ3n) is 2.85. The summed E-state index contributed by atoms with van der Waals surface area (Å²) in [5.41, 5.74) is 6.76. The van der Waals surface area contributed by atoms with Gasteiger partial charge in [0.25, 0.3) is 0 Å². The number of hydrogen-bond acceptors (Lipinski definition) is 4. The average Bonchev–Trinajstić information content (AvgIpc) is 2.40. The van der Waals surface area contributed by atoms with Gasteiger partial charge in [0.15, 0.2) is 0 Å². The number of amides is 1. The molecule has 1 amide bonds. The molecule has 0 radical (unpaired) electrons. The van der Waals surface area contributed by atoms with Crippen molar-refractivity contribution >= 4 is 5.91 Å². The molecule has 1 unspecified atom stereocenters. The Bertz CT molecular complexity index is 465. The van der Waals surface area contributed by atoms with Crippen molar-refractivity contribution in [3.63, 3.8) is 0 Å². The second-order valence-electron chi connectivity index (χ2n) is 4.73. The summed E-state index contributed by atoms with van der Waals surface area (Å²) in [6.45, 7) is 2.13. The Morgan fingerprint density at radius 2 is 2.05 bits per heavy atom. The molecule has 0 saturated carbocycles. The standard InChI is InChI=1S/C14H19N3O2/c1-10(8-15)9-17(2)14(19)13(16)7-11-3-5-12(18)6-4-11/h3-6,10,13,18H,7,9,16H2,1-2H3/t10?,13-/m1/s1. The van der Waals surface area contributed by atoms with Gasteiger partial charge in [-0.2, -0.15) is 5.26 Å². The molecule has 0 aliphatic carbocycles. The number of phenolic OH excluding ortho intramolecular Hbond substituents is 1. The number of nitriles is 1. The van der Waals surface area contributed by atoms with Crippen LogP contribution in [0.5, 0.6) is 5.75 Å². The summed E-state index contributed by atoms with van der Waals surface area (Å²) in [6.07, 6.45) is 0.407. The summed E-state index contributed by atoms with van der Waals surface area (Å²) >= 11 is 0. The molecule has 102 valence electrons. The van der Waals surface area contributed by atoms with Crippen molar-refractivity contribution in [2.45, 2.75) is 19.4 Å². The van der Waals surface area contributed by atoms with Crippen LogP contribution in [0, 0.1) is 17.2 Å². The van der Waals surface area contributed by atoms with Gasteiger partial charge < -0.3 is 15.7 Å². The molecule has 1 rings (SSSR count). The second kappa shape index (κ2) is 6.76. The fraction of sp³-hybridized carbons (Fsp3) is 0.429. The smallest absolute Gasteiger partial charge is 0.239 e. The highest BCUT2D eigenvalue weighted by Crippen LogP contribution is 2.11. The number of benzene rings is 1. The highest BCUT2D eigenvalue weighted by Gasteiger charge is 2.19. The van der Waals surface area contributed by atoms with Crippen LogP contribution in [0.2, 0.25) is 0 Å². The minimum absolute atomic E-state index is 0.184. The van der Waals surface area contributed by atoms with E-state index in [9.17, 15) is 9.90 Å². The number of nitrogens with two attached hydrogens (primary N) is 1. The number of rotatable bonds is 5. The van der Waals surface area contributed by atoms with Crippen LogP contribution >= 0.6 is 0 Å². The van der Waals surface area contributed by atoms with E-state index in [1.54, 1.807) is 38.2 Å². The van der Waals surface area contributed by atoms with Crippen LogP contribution in [-0.4, -0.2) is 35.5 Å². The molecule has 0 fully saturated rings. The number of likely N-dealkylation sites (N-methyl/N-ethyl adjacent to an activating group) is 1. The molecule has 0 saturated heterocycles. The maximum atomic E-state index is 12.0. The molecule has 0 aliphatic heterocycles. The second-order valence-corrected chi connectivity index (χ2v) is 4.73. The predicted molar refractivity (Wildman–Crippen MR) is 72.2 cm³/mol. The normalized spacial score (nSPS) is 13.4. The van der Waals surface area contributed by atoms with Crippen LogP contribution in [0.15, 0.2) is 24.3 Å². The molecule has 1 aromatic rings. The van der Waals surface area contributed by atoms with Crippen LogP contribution in [0.3, 0.4) is 0 Å². The molecular formula is C14H19N3O2.